The standard InChI is InChI=1S/C28H28N6O/c1-4-34-28(31-21-9-11-23-24(14-21)17(3)30-27(23)35)32-26(33-34)22-10-7-19(13-16(22)2)20-8-12-25(29-15-20)18-5-6-18/h7-15,17-18H,4-6H2,1-3H3,(H,30,35)(H,31,32,33). The van der Waals surface area contributed by atoms with E-state index in [0.717, 1.165) is 39.1 Å². The molecule has 1 unspecified atom stereocenters. The van der Waals surface area contributed by atoms with Gasteiger partial charge in [0.25, 0.3) is 5.91 Å². The lowest BCUT2D eigenvalue weighted by molar-refractivity contribution is 0.0958. The van der Waals surface area contributed by atoms with E-state index in [1.807, 2.05) is 42.9 Å². The number of hydrogen-bond acceptors (Lipinski definition) is 5. The lowest BCUT2D eigenvalue weighted by Gasteiger charge is -2.09. The number of amides is 1. The Morgan fingerprint density at radius 1 is 1.06 bits per heavy atom. The molecule has 0 saturated heterocycles. The van der Waals surface area contributed by atoms with Crippen LogP contribution in [0.1, 0.15) is 65.8 Å². The van der Waals surface area contributed by atoms with Gasteiger partial charge >= 0.3 is 0 Å². The zero-order chi connectivity index (χ0) is 24.1. The highest BCUT2D eigenvalue weighted by atomic mass is 16.2. The number of aryl methyl sites for hydroxylation is 2. The van der Waals surface area contributed by atoms with E-state index in [2.05, 4.69) is 52.9 Å². The maximum Gasteiger partial charge on any atom is 0.252 e. The number of carbonyl (C=O) groups excluding carboxylic acids is 1. The highest BCUT2D eigenvalue weighted by Gasteiger charge is 2.26. The van der Waals surface area contributed by atoms with Crippen molar-refractivity contribution in [3.8, 4) is 22.5 Å². The monoisotopic (exact) mass is 464 g/mol. The molecule has 3 heterocycles. The molecule has 1 aliphatic carbocycles. The smallest absolute Gasteiger partial charge is 0.252 e. The summed E-state index contributed by atoms with van der Waals surface area (Å²) in [4.78, 5) is 21.5. The molecule has 1 amide bonds. The molecule has 0 radical (unpaired) electrons. The Kier molecular flexibility index (Phi) is 5.13. The van der Waals surface area contributed by atoms with Gasteiger partial charge < -0.3 is 10.6 Å². The molecular weight excluding hydrogens is 436 g/mol. The van der Waals surface area contributed by atoms with Gasteiger partial charge in [-0.05, 0) is 74.6 Å². The summed E-state index contributed by atoms with van der Waals surface area (Å²) in [6, 6.07) is 16.5. The Labute approximate surface area is 204 Å². The highest BCUT2D eigenvalue weighted by molar-refractivity contribution is 5.99. The van der Waals surface area contributed by atoms with Crippen LogP contribution in [0.2, 0.25) is 0 Å². The summed E-state index contributed by atoms with van der Waals surface area (Å²) < 4.78 is 1.86. The molecule has 1 fully saturated rings. The molecule has 7 heteroatoms. The predicted octanol–water partition coefficient (Wildman–Crippen LogP) is 5.76. The van der Waals surface area contributed by atoms with Crippen molar-refractivity contribution in [2.75, 3.05) is 5.32 Å². The molecular formula is C28H28N6O. The van der Waals surface area contributed by atoms with Crippen molar-refractivity contribution in [2.45, 2.75) is 52.1 Å². The average Bonchev–Trinajstić information content (AvgIpc) is 3.58. The summed E-state index contributed by atoms with van der Waals surface area (Å²) >= 11 is 0. The minimum absolute atomic E-state index is 0.000120. The Hall–Kier alpha value is -4.00. The van der Waals surface area contributed by atoms with E-state index in [1.165, 1.54) is 18.5 Å². The molecule has 0 bridgehead atoms. The topological polar surface area (TPSA) is 84.7 Å². The normalized spacial score (nSPS) is 16.8. The van der Waals surface area contributed by atoms with Gasteiger partial charge in [-0.25, -0.2) is 4.68 Å². The number of carbonyl (C=O) groups is 1. The molecule has 2 aromatic heterocycles. The van der Waals surface area contributed by atoms with Gasteiger partial charge in [0.1, 0.15) is 0 Å². The second-order valence-electron chi connectivity index (χ2n) is 9.47. The van der Waals surface area contributed by atoms with Crippen LogP contribution in [-0.4, -0.2) is 25.7 Å². The molecule has 35 heavy (non-hydrogen) atoms. The van der Waals surface area contributed by atoms with Gasteiger partial charge in [0.15, 0.2) is 5.82 Å². The Morgan fingerprint density at radius 2 is 1.86 bits per heavy atom. The van der Waals surface area contributed by atoms with Crippen LogP contribution in [0, 0.1) is 6.92 Å². The van der Waals surface area contributed by atoms with Gasteiger partial charge in [0.05, 0.1) is 6.04 Å². The zero-order valence-corrected chi connectivity index (χ0v) is 20.2. The third-order valence-electron chi connectivity index (χ3n) is 6.92. The van der Waals surface area contributed by atoms with Crippen molar-refractivity contribution in [3.05, 3.63) is 77.1 Å². The maximum absolute atomic E-state index is 12.0. The van der Waals surface area contributed by atoms with Crippen LogP contribution in [-0.2, 0) is 6.54 Å². The first-order valence-corrected chi connectivity index (χ1v) is 12.2. The summed E-state index contributed by atoms with van der Waals surface area (Å²) in [5.41, 5.74) is 8.20. The minimum atomic E-state index is -0.0216. The number of benzene rings is 2. The van der Waals surface area contributed by atoms with Crippen molar-refractivity contribution < 1.29 is 4.79 Å². The number of nitrogens with zero attached hydrogens (tertiary/aromatic N) is 4. The van der Waals surface area contributed by atoms with E-state index >= 15 is 0 Å². The molecule has 2 aromatic carbocycles. The summed E-state index contributed by atoms with van der Waals surface area (Å²) in [5, 5.41) is 11.1. The molecule has 1 atom stereocenters. The predicted molar refractivity (Wildman–Crippen MR) is 137 cm³/mol. The lowest BCUT2D eigenvalue weighted by atomic mass is 10.0. The van der Waals surface area contributed by atoms with Crippen LogP contribution in [0.15, 0.2) is 54.7 Å². The fraction of sp³-hybridized carbons (Fsp3) is 0.286. The first-order valence-electron chi connectivity index (χ1n) is 12.2. The number of fused-ring (bicyclic) bond motifs is 1. The van der Waals surface area contributed by atoms with Gasteiger partial charge in [0, 0.05) is 46.7 Å². The second-order valence-corrected chi connectivity index (χ2v) is 9.47. The molecule has 6 rings (SSSR count). The van der Waals surface area contributed by atoms with Crippen LogP contribution in [0.25, 0.3) is 22.5 Å². The molecule has 7 nitrogen and oxygen atoms in total. The summed E-state index contributed by atoms with van der Waals surface area (Å²) in [7, 11) is 0. The molecule has 176 valence electrons. The van der Waals surface area contributed by atoms with Gasteiger partial charge in [-0.3, -0.25) is 9.78 Å². The molecule has 2 N–H and O–H groups in total. The Morgan fingerprint density at radius 3 is 2.57 bits per heavy atom. The summed E-state index contributed by atoms with van der Waals surface area (Å²) in [5.74, 6) is 2.00. The quantitative estimate of drug-likeness (QED) is 0.379. The van der Waals surface area contributed by atoms with Gasteiger partial charge in [0.2, 0.25) is 5.95 Å². The number of pyridine rings is 1. The minimum Gasteiger partial charge on any atom is -0.345 e. The van der Waals surface area contributed by atoms with Crippen molar-refractivity contribution in [1.82, 2.24) is 25.1 Å². The van der Waals surface area contributed by atoms with E-state index in [4.69, 9.17) is 10.1 Å². The number of rotatable bonds is 6. The fourth-order valence-electron chi connectivity index (χ4n) is 4.75. The van der Waals surface area contributed by atoms with Crippen LogP contribution in [0.5, 0.6) is 0 Å². The molecule has 1 aliphatic heterocycles. The summed E-state index contributed by atoms with van der Waals surface area (Å²) in [6.07, 6.45) is 4.50. The number of aromatic nitrogens is 4. The zero-order valence-electron chi connectivity index (χ0n) is 20.2. The van der Waals surface area contributed by atoms with Crippen molar-refractivity contribution in [1.29, 1.82) is 0 Å². The number of nitrogens with one attached hydrogen (secondary N) is 2. The lowest BCUT2D eigenvalue weighted by Crippen LogP contribution is -2.16. The van der Waals surface area contributed by atoms with E-state index in [0.29, 0.717) is 24.2 Å². The van der Waals surface area contributed by atoms with Crippen LogP contribution in [0.3, 0.4) is 0 Å². The first kappa shape index (κ1) is 21.5. The van der Waals surface area contributed by atoms with Crippen LogP contribution in [0.4, 0.5) is 11.6 Å². The van der Waals surface area contributed by atoms with E-state index in [-0.39, 0.29) is 11.9 Å². The van der Waals surface area contributed by atoms with Gasteiger partial charge in [-0.1, -0.05) is 24.3 Å². The fourth-order valence-corrected chi connectivity index (χ4v) is 4.75. The third-order valence-corrected chi connectivity index (χ3v) is 6.92. The number of anilines is 2. The maximum atomic E-state index is 12.0. The Bertz CT molecular complexity index is 1430. The highest BCUT2D eigenvalue weighted by Crippen LogP contribution is 2.39. The largest absolute Gasteiger partial charge is 0.345 e. The third kappa shape index (κ3) is 3.97. The summed E-state index contributed by atoms with van der Waals surface area (Å²) in [6.45, 7) is 6.82. The average molecular weight is 465 g/mol. The van der Waals surface area contributed by atoms with E-state index in [9.17, 15) is 4.79 Å². The second kappa shape index (κ2) is 8.34. The molecule has 4 aromatic rings. The van der Waals surface area contributed by atoms with E-state index < -0.39 is 0 Å². The molecule has 2 aliphatic rings. The van der Waals surface area contributed by atoms with Gasteiger partial charge in [-0.2, -0.15) is 4.98 Å². The van der Waals surface area contributed by atoms with E-state index in [1.54, 1.807) is 0 Å². The first-order chi connectivity index (χ1) is 17.0. The van der Waals surface area contributed by atoms with Crippen LogP contribution >= 0.6 is 0 Å². The SMILES string of the molecule is CCn1nc(-c2ccc(-c3ccc(C4CC4)nc3)cc2C)nc1Nc1ccc2c(c1)C(C)NC2=O. The molecule has 1 saturated carbocycles. The van der Waals surface area contributed by atoms with Crippen molar-refractivity contribution in [3.63, 3.8) is 0 Å². The van der Waals surface area contributed by atoms with Crippen molar-refractivity contribution in [2.24, 2.45) is 0 Å². The Balaban J connectivity index is 1.27. The van der Waals surface area contributed by atoms with Crippen LogP contribution < -0.4 is 10.6 Å². The van der Waals surface area contributed by atoms with Crippen molar-refractivity contribution >= 4 is 17.5 Å². The molecule has 0 spiro atoms. The number of hydrogen-bond donors (Lipinski definition) is 2. The van der Waals surface area contributed by atoms with Gasteiger partial charge in [-0.15, -0.1) is 5.10 Å².